The molecule has 0 aromatic heterocycles. The average Bonchev–Trinajstić information content (AvgIpc) is 2.33. The molecule has 0 amide bonds. The molecule has 0 fully saturated rings. The van der Waals surface area contributed by atoms with Crippen LogP contribution >= 0.6 is 12.2 Å². The number of hydrogen-bond donors (Lipinski definition) is 1. The van der Waals surface area contributed by atoms with E-state index in [0.29, 0.717) is 5.37 Å². The molecule has 0 atom stereocenters. The fraction of sp³-hybridized carbons (Fsp3) is 0.714. The van der Waals surface area contributed by atoms with E-state index in [9.17, 15) is 4.79 Å². The fourth-order valence-corrected chi connectivity index (χ4v) is 1.42. The standard InChI is InChI=1S/C12H24.C2H2O2S/c1-3-5-7-9-11-12-10-8-6-4-2;3-2(4)1-5/h3H,1,4-12H2,2H3;1H,(H,3,4). The summed E-state index contributed by atoms with van der Waals surface area (Å²) in [5.41, 5.74) is 0. The zero-order valence-corrected chi connectivity index (χ0v) is 11.8. The molecule has 0 aliphatic rings. The van der Waals surface area contributed by atoms with Crippen LogP contribution in [0.2, 0.25) is 0 Å². The summed E-state index contributed by atoms with van der Waals surface area (Å²) < 4.78 is 0. The molecule has 3 heteroatoms. The minimum absolute atomic E-state index is 0.667. The first kappa shape index (κ1) is 18.7. The Labute approximate surface area is 111 Å². The van der Waals surface area contributed by atoms with Crippen LogP contribution in [0.5, 0.6) is 0 Å². The molecule has 0 heterocycles. The van der Waals surface area contributed by atoms with Crippen molar-refractivity contribution in [1.29, 1.82) is 0 Å². The summed E-state index contributed by atoms with van der Waals surface area (Å²) in [4.78, 5) is 9.21. The van der Waals surface area contributed by atoms with Crippen LogP contribution in [0.25, 0.3) is 0 Å². The van der Waals surface area contributed by atoms with E-state index in [0.717, 1.165) is 0 Å². The largest absolute Gasteiger partial charge is 0.477 e. The topological polar surface area (TPSA) is 37.3 Å². The van der Waals surface area contributed by atoms with Crippen LogP contribution in [-0.2, 0) is 4.79 Å². The van der Waals surface area contributed by atoms with Gasteiger partial charge in [-0.1, -0.05) is 70.2 Å². The molecule has 17 heavy (non-hydrogen) atoms. The summed E-state index contributed by atoms with van der Waals surface area (Å²) in [6.45, 7) is 5.99. The molecule has 0 aliphatic heterocycles. The number of thiocarbonyl (C=S) groups is 1. The Balaban J connectivity index is 0. The highest BCUT2D eigenvalue weighted by molar-refractivity contribution is 7.80. The number of carboxylic acids is 1. The van der Waals surface area contributed by atoms with Crippen LogP contribution in [0.3, 0.4) is 0 Å². The van der Waals surface area contributed by atoms with E-state index in [-0.39, 0.29) is 0 Å². The minimum atomic E-state index is -1.06. The van der Waals surface area contributed by atoms with Crippen molar-refractivity contribution in [2.24, 2.45) is 0 Å². The highest BCUT2D eigenvalue weighted by Gasteiger charge is 1.89. The van der Waals surface area contributed by atoms with Crippen molar-refractivity contribution in [1.82, 2.24) is 0 Å². The number of hydrogen-bond acceptors (Lipinski definition) is 2. The lowest BCUT2D eigenvalue weighted by molar-refractivity contribution is -0.128. The van der Waals surface area contributed by atoms with Crippen molar-refractivity contribution in [3.05, 3.63) is 12.7 Å². The smallest absolute Gasteiger partial charge is 0.339 e. The van der Waals surface area contributed by atoms with Crippen LogP contribution in [0.4, 0.5) is 0 Å². The van der Waals surface area contributed by atoms with Gasteiger partial charge in [0.2, 0.25) is 0 Å². The van der Waals surface area contributed by atoms with Crippen LogP contribution in [0.15, 0.2) is 12.7 Å². The van der Waals surface area contributed by atoms with Gasteiger partial charge in [0.1, 0.15) is 0 Å². The number of allylic oxidation sites excluding steroid dienone is 1. The SMILES string of the molecule is C=CCCCCCCCCCC.O=C(O)C=S. The minimum Gasteiger partial charge on any atom is -0.477 e. The average molecular weight is 258 g/mol. The maximum absolute atomic E-state index is 9.21. The van der Waals surface area contributed by atoms with Crippen LogP contribution in [0.1, 0.15) is 64.7 Å². The van der Waals surface area contributed by atoms with E-state index < -0.39 is 5.97 Å². The van der Waals surface area contributed by atoms with Gasteiger partial charge in [0, 0.05) is 0 Å². The van der Waals surface area contributed by atoms with E-state index in [2.05, 4.69) is 25.7 Å². The van der Waals surface area contributed by atoms with Crippen molar-refractivity contribution in [3.8, 4) is 0 Å². The molecule has 0 aromatic rings. The lowest BCUT2D eigenvalue weighted by Gasteiger charge is -1.99. The second-order valence-corrected chi connectivity index (χ2v) is 4.24. The molecule has 0 saturated carbocycles. The maximum atomic E-state index is 9.21. The van der Waals surface area contributed by atoms with Gasteiger partial charge in [-0.15, -0.1) is 6.58 Å². The van der Waals surface area contributed by atoms with E-state index in [1.807, 2.05) is 6.08 Å². The van der Waals surface area contributed by atoms with Crippen molar-refractivity contribution in [3.63, 3.8) is 0 Å². The van der Waals surface area contributed by atoms with Crippen molar-refractivity contribution in [2.45, 2.75) is 64.7 Å². The number of aliphatic carboxylic acids is 1. The van der Waals surface area contributed by atoms with Crippen molar-refractivity contribution in [2.75, 3.05) is 0 Å². The Bertz CT molecular complexity index is 191. The molecule has 0 unspecified atom stereocenters. The zero-order valence-electron chi connectivity index (χ0n) is 11.0. The summed E-state index contributed by atoms with van der Waals surface area (Å²) in [5, 5.41) is 8.23. The maximum Gasteiger partial charge on any atom is 0.339 e. The first-order valence-electron chi connectivity index (χ1n) is 6.48. The van der Waals surface area contributed by atoms with Gasteiger partial charge in [0.25, 0.3) is 0 Å². The zero-order chi connectivity index (χ0) is 13.4. The molecule has 0 aromatic carbocycles. The van der Waals surface area contributed by atoms with Gasteiger partial charge < -0.3 is 5.11 Å². The Kier molecular flexibility index (Phi) is 19.4. The normalized spacial score (nSPS) is 9.00. The Morgan fingerprint density at radius 1 is 1.12 bits per heavy atom. The second kappa shape index (κ2) is 17.7. The third kappa shape index (κ3) is 25.5. The molecular formula is C14H26O2S. The fourth-order valence-electron chi connectivity index (χ4n) is 1.42. The molecule has 100 valence electrons. The van der Waals surface area contributed by atoms with Crippen LogP contribution < -0.4 is 0 Å². The van der Waals surface area contributed by atoms with Gasteiger partial charge >= 0.3 is 5.97 Å². The van der Waals surface area contributed by atoms with Crippen molar-refractivity contribution >= 4 is 23.6 Å². The first-order chi connectivity index (χ1) is 8.18. The van der Waals surface area contributed by atoms with Crippen LogP contribution in [0, 0.1) is 0 Å². The molecule has 0 rings (SSSR count). The van der Waals surface area contributed by atoms with Gasteiger partial charge in [-0.3, -0.25) is 0 Å². The lowest BCUT2D eigenvalue weighted by atomic mass is 10.1. The monoisotopic (exact) mass is 258 g/mol. The predicted molar refractivity (Wildman–Crippen MR) is 78.7 cm³/mol. The summed E-state index contributed by atoms with van der Waals surface area (Å²) >= 11 is 3.95. The highest BCUT2D eigenvalue weighted by atomic mass is 32.1. The van der Waals surface area contributed by atoms with Crippen molar-refractivity contribution < 1.29 is 9.90 Å². The van der Waals surface area contributed by atoms with Gasteiger partial charge in [-0.25, -0.2) is 4.79 Å². The third-order valence-corrected chi connectivity index (χ3v) is 2.56. The molecule has 0 aliphatic carbocycles. The first-order valence-corrected chi connectivity index (χ1v) is 6.95. The summed E-state index contributed by atoms with van der Waals surface area (Å²) in [6.07, 6.45) is 14.5. The predicted octanol–water partition coefficient (Wildman–Crippen LogP) is 4.77. The van der Waals surface area contributed by atoms with E-state index in [1.54, 1.807) is 0 Å². The molecule has 2 nitrogen and oxygen atoms in total. The molecule has 0 radical (unpaired) electrons. The van der Waals surface area contributed by atoms with E-state index in [4.69, 9.17) is 5.11 Å². The van der Waals surface area contributed by atoms with E-state index >= 15 is 0 Å². The van der Waals surface area contributed by atoms with Crippen LogP contribution in [-0.4, -0.2) is 16.4 Å². The molecule has 0 bridgehead atoms. The molecule has 1 N–H and O–H groups in total. The molecule has 0 spiro atoms. The summed E-state index contributed by atoms with van der Waals surface area (Å²) in [6, 6.07) is 0. The molecular weight excluding hydrogens is 232 g/mol. The second-order valence-electron chi connectivity index (χ2n) is 4.01. The van der Waals surface area contributed by atoms with Gasteiger partial charge in [0.05, 0.1) is 5.37 Å². The van der Waals surface area contributed by atoms with Gasteiger partial charge in [-0.2, -0.15) is 0 Å². The highest BCUT2D eigenvalue weighted by Crippen LogP contribution is 2.09. The number of unbranched alkanes of at least 4 members (excludes halogenated alkanes) is 8. The Morgan fingerprint density at radius 3 is 1.88 bits per heavy atom. The third-order valence-electron chi connectivity index (χ3n) is 2.36. The number of rotatable bonds is 10. The summed E-state index contributed by atoms with van der Waals surface area (Å²) in [7, 11) is 0. The summed E-state index contributed by atoms with van der Waals surface area (Å²) in [5.74, 6) is -1.06. The quantitative estimate of drug-likeness (QED) is 0.348. The number of carbonyl (C=O) groups is 1. The Morgan fingerprint density at radius 2 is 1.53 bits per heavy atom. The van der Waals surface area contributed by atoms with Gasteiger partial charge in [0.15, 0.2) is 0 Å². The van der Waals surface area contributed by atoms with E-state index in [1.165, 1.54) is 57.8 Å². The molecule has 0 saturated heterocycles. The number of carboxylic acid groups (broad SMARTS) is 1. The van der Waals surface area contributed by atoms with Gasteiger partial charge in [-0.05, 0) is 12.8 Å². The lowest BCUT2D eigenvalue weighted by Crippen LogP contribution is -1.89. The Hall–Kier alpha value is -0.700.